The predicted octanol–water partition coefficient (Wildman–Crippen LogP) is 4.95. The van der Waals surface area contributed by atoms with Crippen molar-refractivity contribution in [3.63, 3.8) is 0 Å². The van der Waals surface area contributed by atoms with Gasteiger partial charge in [-0.05, 0) is 55.0 Å². The molecule has 23 heavy (non-hydrogen) atoms. The molecule has 2 nitrogen and oxygen atoms in total. The SMILES string of the molecule is CCCCCCc1ccc(C#Cc2ccc(CCC)cc2)nn1. The highest BCUT2D eigenvalue weighted by molar-refractivity contribution is 5.40. The summed E-state index contributed by atoms with van der Waals surface area (Å²) in [7, 11) is 0. The molecule has 0 radical (unpaired) electrons. The van der Waals surface area contributed by atoms with Crippen molar-refractivity contribution >= 4 is 0 Å². The van der Waals surface area contributed by atoms with E-state index >= 15 is 0 Å². The summed E-state index contributed by atoms with van der Waals surface area (Å²) in [6.45, 7) is 4.42. The highest BCUT2D eigenvalue weighted by atomic mass is 15.1. The first-order valence-corrected chi connectivity index (χ1v) is 8.75. The van der Waals surface area contributed by atoms with Gasteiger partial charge >= 0.3 is 0 Å². The van der Waals surface area contributed by atoms with Crippen molar-refractivity contribution in [1.29, 1.82) is 0 Å². The third-order valence-corrected chi connectivity index (χ3v) is 3.83. The number of hydrogen-bond acceptors (Lipinski definition) is 2. The van der Waals surface area contributed by atoms with E-state index in [1.54, 1.807) is 0 Å². The van der Waals surface area contributed by atoms with Crippen LogP contribution in [0.1, 0.15) is 68.5 Å². The number of hydrogen-bond donors (Lipinski definition) is 0. The number of nitrogens with zero attached hydrogens (tertiary/aromatic N) is 2. The molecule has 0 unspecified atom stereocenters. The van der Waals surface area contributed by atoms with E-state index in [4.69, 9.17) is 0 Å². The minimum absolute atomic E-state index is 0.736. The van der Waals surface area contributed by atoms with Gasteiger partial charge in [-0.2, -0.15) is 5.10 Å². The molecule has 120 valence electrons. The third-order valence-electron chi connectivity index (χ3n) is 3.83. The zero-order valence-electron chi connectivity index (χ0n) is 14.3. The molecule has 0 aliphatic carbocycles. The highest BCUT2D eigenvalue weighted by Gasteiger charge is 1.97. The summed E-state index contributed by atoms with van der Waals surface area (Å²) in [5.74, 6) is 6.25. The largest absolute Gasteiger partial charge is 0.154 e. The molecule has 0 spiro atoms. The average Bonchev–Trinajstić information content (AvgIpc) is 2.59. The fourth-order valence-corrected chi connectivity index (χ4v) is 2.47. The van der Waals surface area contributed by atoms with E-state index in [0.29, 0.717) is 0 Å². The van der Waals surface area contributed by atoms with Gasteiger partial charge in [-0.3, -0.25) is 0 Å². The lowest BCUT2D eigenvalue weighted by Crippen LogP contribution is -1.95. The lowest BCUT2D eigenvalue weighted by molar-refractivity contribution is 0.656. The van der Waals surface area contributed by atoms with Crippen molar-refractivity contribution in [2.75, 3.05) is 0 Å². The first-order chi connectivity index (χ1) is 11.3. The lowest BCUT2D eigenvalue weighted by atomic mass is 10.1. The zero-order chi connectivity index (χ0) is 16.3. The molecule has 0 N–H and O–H groups in total. The summed E-state index contributed by atoms with van der Waals surface area (Å²) in [6, 6.07) is 12.5. The molecule has 0 bridgehead atoms. The van der Waals surface area contributed by atoms with Crippen molar-refractivity contribution in [3.05, 3.63) is 58.9 Å². The van der Waals surface area contributed by atoms with Crippen LogP contribution in [0.4, 0.5) is 0 Å². The van der Waals surface area contributed by atoms with Crippen molar-refractivity contribution in [2.45, 2.75) is 58.8 Å². The fraction of sp³-hybridized carbons (Fsp3) is 0.429. The highest BCUT2D eigenvalue weighted by Crippen LogP contribution is 2.07. The molecule has 1 aromatic heterocycles. The molecule has 0 atom stereocenters. The summed E-state index contributed by atoms with van der Waals surface area (Å²) in [5, 5.41) is 8.49. The molecule has 2 heteroatoms. The van der Waals surface area contributed by atoms with Crippen molar-refractivity contribution in [2.24, 2.45) is 0 Å². The molecule has 2 aromatic rings. The van der Waals surface area contributed by atoms with E-state index in [9.17, 15) is 0 Å². The Bertz CT molecular complexity index is 630. The third kappa shape index (κ3) is 6.24. The van der Waals surface area contributed by atoms with E-state index in [-0.39, 0.29) is 0 Å². The van der Waals surface area contributed by atoms with Gasteiger partial charge in [-0.15, -0.1) is 5.10 Å². The van der Waals surface area contributed by atoms with Gasteiger partial charge in [-0.1, -0.05) is 57.6 Å². The monoisotopic (exact) mass is 306 g/mol. The maximum atomic E-state index is 4.27. The van der Waals surface area contributed by atoms with E-state index in [0.717, 1.165) is 29.8 Å². The number of unbranched alkanes of at least 4 members (excludes halogenated alkanes) is 3. The van der Waals surface area contributed by atoms with Crippen LogP contribution in [0, 0.1) is 11.8 Å². The van der Waals surface area contributed by atoms with Gasteiger partial charge < -0.3 is 0 Å². The van der Waals surface area contributed by atoms with Gasteiger partial charge in [0.1, 0.15) is 5.69 Å². The van der Waals surface area contributed by atoms with Crippen molar-refractivity contribution < 1.29 is 0 Å². The Kier molecular flexibility index (Phi) is 7.33. The Morgan fingerprint density at radius 1 is 0.739 bits per heavy atom. The molecular formula is C21H26N2. The van der Waals surface area contributed by atoms with Crippen LogP contribution >= 0.6 is 0 Å². The Balaban J connectivity index is 1.90. The summed E-state index contributed by atoms with van der Waals surface area (Å²) >= 11 is 0. The van der Waals surface area contributed by atoms with Crippen LogP contribution in [-0.2, 0) is 12.8 Å². The van der Waals surface area contributed by atoms with Crippen molar-refractivity contribution in [1.82, 2.24) is 10.2 Å². The second kappa shape index (κ2) is 9.79. The van der Waals surface area contributed by atoms with Gasteiger partial charge in [0.15, 0.2) is 0 Å². The lowest BCUT2D eigenvalue weighted by Gasteiger charge is -1.99. The molecule has 1 heterocycles. The molecule has 0 saturated heterocycles. The van der Waals surface area contributed by atoms with Gasteiger partial charge in [0.25, 0.3) is 0 Å². The summed E-state index contributed by atoms with van der Waals surface area (Å²) in [6.07, 6.45) is 8.34. The second-order valence-electron chi connectivity index (χ2n) is 5.92. The summed E-state index contributed by atoms with van der Waals surface area (Å²) < 4.78 is 0. The van der Waals surface area contributed by atoms with Gasteiger partial charge in [-0.25, -0.2) is 0 Å². The summed E-state index contributed by atoms with van der Waals surface area (Å²) in [4.78, 5) is 0. The first-order valence-electron chi connectivity index (χ1n) is 8.75. The van der Waals surface area contributed by atoms with Crippen LogP contribution in [-0.4, -0.2) is 10.2 Å². The van der Waals surface area contributed by atoms with Crippen LogP contribution in [0.2, 0.25) is 0 Å². The molecule has 0 amide bonds. The Morgan fingerprint density at radius 3 is 2.22 bits per heavy atom. The molecule has 0 aliphatic heterocycles. The normalized spacial score (nSPS) is 10.2. The Labute approximate surface area is 140 Å². The molecule has 0 aliphatic rings. The molecule has 2 rings (SSSR count). The molecule has 1 aromatic carbocycles. The van der Waals surface area contributed by atoms with Gasteiger partial charge in [0, 0.05) is 5.56 Å². The zero-order valence-corrected chi connectivity index (χ0v) is 14.3. The van der Waals surface area contributed by atoms with Crippen LogP contribution in [0.25, 0.3) is 0 Å². The quantitative estimate of drug-likeness (QED) is 0.534. The predicted molar refractivity (Wildman–Crippen MR) is 96.3 cm³/mol. The van der Waals surface area contributed by atoms with Crippen LogP contribution < -0.4 is 0 Å². The Hall–Kier alpha value is -2.14. The molecular weight excluding hydrogens is 280 g/mol. The van der Waals surface area contributed by atoms with E-state index in [1.165, 1.54) is 37.7 Å². The smallest absolute Gasteiger partial charge is 0.136 e. The average molecular weight is 306 g/mol. The first kappa shape index (κ1) is 17.2. The van der Waals surface area contributed by atoms with Gasteiger partial charge in [0.05, 0.1) is 5.69 Å². The number of benzene rings is 1. The minimum Gasteiger partial charge on any atom is -0.154 e. The molecule has 0 saturated carbocycles. The molecule has 0 fully saturated rings. The van der Waals surface area contributed by atoms with Crippen LogP contribution in [0.15, 0.2) is 36.4 Å². The van der Waals surface area contributed by atoms with E-state index in [2.05, 4.69) is 60.2 Å². The number of rotatable bonds is 7. The van der Waals surface area contributed by atoms with E-state index < -0.39 is 0 Å². The van der Waals surface area contributed by atoms with Gasteiger partial charge in [0.2, 0.25) is 0 Å². The minimum atomic E-state index is 0.736. The number of aromatic nitrogens is 2. The Morgan fingerprint density at radius 2 is 1.57 bits per heavy atom. The van der Waals surface area contributed by atoms with Crippen molar-refractivity contribution in [3.8, 4) is 11.8 Å². The number of aryl methyl sites for hydroxylation is 2. The standard InChI is InChI=1S/C21H26N2/c1-3-5-6-7-9-20-16-17-21(23-22-20)15-14-19-12-10-18(8-4-2)11-13-19/h10-13,16-17H,3-9H2,1-2H3. The topological polar surface area (TPSA) is 25.8 Å². The summed E-state index contributed by atoms with van der Waals surface area (Å²) in [5.41, 5.74) is 4.19. The van der Waals surface area contributed by atoms with Crippen LogP contribution in [0.5, 0.6) is 0 Å². The maximum absolute atomic E-state index is 4.27. The van der Waals surface area contributed by atoms with E-state index in [1.807, 2.05) is 12.1 Å². The second-order valence-corrected chi connectivity index (χ2v) is 5.92. The maximum Gasteiger partial charge on any atom is 0.136 e. The van der Waals surface area contributed by atoms with Crippen LogP contribution in [0.3, 0.4) is 0 Å². The fourth-order valence-electron chi connectivity index (χ4n) is 2.47.